The summed E-state index contributed by atoms with van der Waals surface area (Å²) in [4.78, 5) is 33.2. The van der Waals surface area contributed by atoms with Crippen LogP contribution < -0.4 is 0 Å². The molecule has 0 saturated heterocycles. The van der Waals surface area contributed by atoms with Crippen LogP contribution in [0.2, 0.25) is 0 Å². The summed E-state index contributed by atoms with van der Waals surface area (Å²) in [6, 6.07) is 8.23. The largest absolute Gasteiger partial charge is 0.465 e. The Hall–Kier alpha value is -3.22. The fourth-order valence-corrected chi connectivity index (χ4v) is 2.20. The summed E-state index contributed by atoms with van der Waals surface area (Å²) < 4.78 is 9.56. The molecule has 124 valence electrons. The number of carbonyl (C=O) groups is 2. The first-order valence-corrected chi connectivity index (χ1v) is 6.95. The summed E-state index contributed by atoms with van der Waals surface area (Å²) in [7, 11) is 3.86. The van der Waals surface area contributed by atoms with E-state index in [1.165, 1.54) is 27.4 Å². The Kier molecular flexibility index (Phi) is 5.62. The molecule has 0 unspecified atom stereocenters. The van der Waals surface area contributed by atoms with Crippen LogP contribution in [-0.4, -0.2) is 44.0 Å². The molecule has 0 radical (unpaired) electrons. The molecule has 1 aromatic carbocycles. The molecule has 0 N–H and O–H groups in total. The van der Waals surface area contributed by atoms with Gasteiger partial charge in [0.2, 0.25) is 0 Å². The Labute approximate surface area is 138 Å². The molecule has 0 saturated carbocycles. The Bertz CT molecular complexity index is 772. The molecule has 0 aliphatic rings. The first kappa shape index (κ1) is 17.1. The maximum Gasteiger partial charge on any atom is 0.339 e. The van der Waals surface area contributed by atoms with E-state index in [1.807, 2.05) is 0 Å². The molecular formula is C17H16N2O5. The minimum absolute atomic E-state index is 0.0477. The fourth-order valence-electron chi connectivity index (χ4n) is 2.20. The van der Waals surface area contributed by atoms with Gasteiger partial charge in [0.25, 0.3) is 0 Å². The number of aromatic nitrogens is 1. The van der Waals surface area contributed by atoms with Crippen molar-refractivity contribution >= 4 is 17.7 Å². The first-order valence-electron chi connectivity index (χ1n) is 6.95. The number of hydrogen-bond donors (Lipinski definition) is 0. The van der Waals surface area contributed by atoms with Crippen molar-refractivity contribution in [2.45, 2.75) is 0 Å². The van der Waals surface area contributed by atoms with Crippen molar-refractivity contribution in [1.29, 1.82) is 0 Å². The van der Waals surface area contributed by atoms with Crippen molar-refractivity contribution in [3.8, 4) is 0 Å². The molecule has 0 atom stereocenters. The van der Waals surface area contributed by atoms with Crippen molar-refractivity contribution in [1.82, 2.24) is 4.98 Å². The van der Waals surface area contributed by atoms with Gasteiger partial charge in [-0.25, -0.2) is 9.59 Å². The van der Waals surface area contributed by atoms with Gasteiger partial charge in [0.15, 0.2) is 0 Å². The van der Waals surface area contributed by atoms with Crippen molar-refractivity contribution in [3.63, 3.8) is 0 Å². The highest BCUT2D eigenvalue weighted by Crippen LogP contribution is 2.21. The van der Waals surface area contributed by atoms with E-state index in [0.29, 0.717) is 16.8 Å². The Balaban J connectivity index is 2.74. The third-order valence-corrected chi connectivity index (χ3v) is 3.23. The average molecular weight is 328 g/mol. The van der Waals surface area contributed by atoms with Gasteiger partial charge in [0.05, 0.1) is 25.3 Å². The van der Waals surface area contributed by atoms with E-state index in [-0.39, 0.29) is 11.1 Å². The normalized spacial score (nSPS) is 10.9. The number of carbonyl (C=O) groups excluding carboxylic acids is 2. The zero-order valence-corrected chi connectivity index (χ0v) is 13.5. The lowest BCUT2D eigenvalue weighted by atomic mass is 9.94. The van der Waals surface area contributed by atoms with E-state index in [4.69, 9.17) is 14.3 Å². The molecule has 1 aromatic heterocycles. The molecule has 24 heavy (non-hydrogen) atoms. The summed E-state index contributed by atoms with van der Waals surface area (Å²) in [6.45, 7) is 0. The molecule has 2 rings (SSSR count). The molecule has 0 fully saturated rings. The van der Waals surface area contributed by atoms with Gasteiger partial charge in [-0.1, -0.05) is 17.3 Å². The summed E-state index contributed by atoms with van der Waals surface area (Å²) in [5, 5.41) is 3.99. The van der Waals surface area contributed by atoms with Gasteiger partial charge in [0.1, 0.15) is 12.8 Å². The second-order valence-electron chi connectivity index (χ2n) is 4.58. The molecule has 2 aromatic rings. The second kappa shape index (κ2) is 7.87. The number of rotatable bonds is 5. The lowest BCUT2D eigenvalue weighted by Gasteiger charge is -2.13. The maximum atomic E-state index is 12.3. The molecule has 1 heterocycles. The lowest BCUT2D eigenvalue weighted by Crippen LogP contribution is -2.18. The maximum absolute atomic E-state index is 12.3. The molecule has 0 bridgehead atoms. The number of benzene rings is 1. The number of oxime groups is 1. The minimum atomic E-state index is -0.682. The van der Waals surface area contributed by atoms with Crippen LogP contribution in [0, 0.1) is 0 Å². The van der Waals surface area contributed by atoms with Crippen LogP contribution in [0.3, 0.4) is 0 Å². The molecular weight excluding hydrogens is 312 g/mol. The second-order valence-corrected chi connectivity index (χ2v) is 4.58. The van der Waals surface area contributed by atoms with Gasteiger partial charge in [-0.2, -0.15) is 0 Å². The van der Waals surface area contributed by atoms with E-state index in [2.05, 4.69) is 10.1 Å². The predicted octanol–water partition coefficient (Wildman–Crippen LogP) is 2.05. The first-order chi connectivity index (χ1) is 11.6. The van der Waals surface area contributed by atoms with Crippen LogP contribution in [0.4, 0.5) is 0 Å². The SMILES string of the molecule is CO/N=C(\c1cccnc1)c1cccc(C(=O)OC)c1C(=O)OC. The van der Waals surface area contributed by atoms with Crippen molar-refractivity contribution in [2.24, 2.45) is 5.16 Å². The van der Waals surface area contributed by atoms with Gasteiger partial charge in [-0.05, 0) is 18.2 Å². The highest BCUT2D eigenvalue weighted by Gasteiger charge is 2.25. The van der Waals surface area contributed by atoms with Crippen LogP contribution in [-0.2, 0) is 14.3 Å². The Morgan fingerprint density at radius 2 is 1.67 bits per heavy atom. The van der Waals surface area contributed by atoms with Crippen LogP contribution >= 0.6 is 0 Å². The number of ether oxygens (including phenoxy) is 2. The van der Waals surface area contributed by atoms with E-state index in [0.717, 1.165) is 0 Å². The Morgan fingerprint density at radius 1 is 0.958 bits per heavy atom. The van der Waals surface area contributed by atoms with Crippen molar-refractivity contribution in [2.75, 3.05) is 21.3 Å². The van der Waals surface area contributed by atoms with Gasteiger partial charge < -0.3 is 14.3 Å². The predicted molar refractivity (Wildman–Crippen MR) is 86.0 cm³/mol. The standard InChI is InChI=1S/C17H16N2O5/c1-22-16(20)13-8-4-7-12(14(13)17(21)23-2)15(19-24-3)11-6-5-9-18-10-11/h4-10H,1-3H3/b19-15+. The van der Waals surface area contributed by atoms with E-state index < -0.39 is 11.9 Å². The lowest BCUT2D eigenvalue weighted by molar-refractivity contribution is 0.0555. The third-order valence-electron chi connectivity index (χ3n) is 3.23. The molecule has 0 spiro atoms. The smallest absolute Gasteiger partial charge is 0.339 e. The van der Waals surface area contributed by atoms with Gasteiger partial charge in [0, 0.05) is 23.5 Å². The van der Waals surface area contributed by atoms with Crippen LogP contribution in [0.15, 0.2) is 47.9 Å². The highest BCUT2D eigenvalue weighted by atomic mass is 16.6. The highest BCUT2D eigenvalue weighted by molar-refractivity contribution is 6.19. The summed E-state index contributed by atoms with van der Waals surface area (Å²) >= 11 is 0. The molecule has 0 aliphatic carbocycles. The number of methoxy groups -OCH3 is 2. The quantitative estimate of drug-likeness (QED) is 0.474. The van der Waals surface area contributed by atoms with Crippen molar-refractivity contribution in [3.05, 3.63) is 65.0 Å². The third kappa shape index (κ3) is 3.40. The number of pyridine rings is 1. The van der Waals surface area contributed by atoms with E-state index in [9.17, 15) is 9.59 Å². The van der Waals surface area contributed by atoms with Crippen LogP contribution in [0.1, 0.15) is 31.8 Å². The van der Waals surface area contributed by atoms with Gasteiger partial charge >= 0.3 is 11.9 Å². The molecule has 0 aliphatic heterocycles. The Morgan fingerprint density at radius 3 is 2.25 bits per heavy atom. The zero-order valence-electron chi connectivity index (χ0n) is 13.5. The molecule has 7 nitrogen and oxygen atoms in total. The summed E-state index contributed by atoms with van der Waals surface area (Å²) in [5.41, 5.74) is 1.46. The van der Waals surface area contributed by atoms with Gasteiger partial charge in [-0.15, -0.1) is 0 Å². The number of nitrogens with zero attached hydrogens (tertiary/aromatic N) is 2. The van der Waals surface area contributed by atoms with E-state index >= 15 is 0 Å². The molecule has 7 heteroatoms. The topological polar surface area (TPSA) is 87.1 Å². The van der Waals surface area contributed by atoms with Crippen LogP contribution in [0.5, 0.6) is 0 Å². The zero-order chi connectivity index (χ0) is 17.5. The van der Waals surface area contributed by atoms with Crippen LogP contribution in [0.25, 0.3) is 0 Å². The van der Waals surface area contributed by atoms with Gasteiger partial charge in [-0.3, -0.25) is 4.98 Å². The number of esters is 2. The average Bonchev–Trinajstić information content (AvgIpc) is 2.65. The number of hydrogen-bond acceptors (Lipinski definition) is 7. The summed E-state index contributed by atoms with van der Waals surface area (Å²) in [6.07, 6.45) is 3.18. The molecule has 0 amide bonds. The minimum Gasteiger partial charge on any atom is -0.465 e. The summed E-state index contributed by atoms with van der Waals surface area (Å²) in [5.74, 6) is -1.33. The monoisotopic (exact) mass is 328 g/mol. The fraction of sp³-hybridized carbons (Fsp3) is 0.176. The van der Waals surface area contributed by atoms with E-state index in [1.54, 1.807) is 36.7 Å². The van der Waals surface area contributed by atoms with Crippen molar-refractivity contribution < 1.29 is 23.9 Å².